The molecule has 1 nitrogen and oxygen atoms in total. The summed E-state index contributed by atoms with van der Waals surface area (Å²) in [5.41, 5.74) is 0.170. The molecule has 0 fully saturated rings. The van der Waals surface area contributed by atoms with Crippen molar-refractivity contribution in [2.24, 2.45) is 4.99 Å². The van der Waals surface area contributed by atoms with Crippen LogP contribution in [0.15, 0.2) is 22.0 Å². The van der Waals surface area contributed by atoms with E-state index in [4.69, 9.17) is 11.6 Å². The highest BCUT2D eigenvalue weighted by atomic mass is 35.5. The first-order valence-electron chi connectivity index (χ1n) is 3.30. The van der Waals surface area contributed by atoms with E-state index in [1.54, 1.807) is 6.07 Å². The number of thiocarbonyl (C=S) groups is 1. The van der Waals surface area contributed by atoms with Crippen LogP contribution in [-0.2, 0) is 0 Å². The second-order valence-electron chi connectivity index (χ2n) is 2.14. The molecule has 0 aromatic heterocycles. The molecule has 0 aliphatic carbocycles. The van der Waals surface area contributed by atoms with Crippen LogP contribution in [0.25, 0.3) is 0 Å². The van der Waals surface area contributed by atoms with Gasteiger partial charge in [0, 0.05) is 4.90 Å². The van der Waals surface area contributed by atoms with Crippen LogP contribution >= 0.6 is 35.6 Å². The van der Waals surface area contributed by atoms with Gasteiger partial charge in [-0.1, -0.05) is 11.6 Å². The lowest BCUT2D eigenvalue weighted by molar-refractivity contribution is 0.629. The van der Waals surface area contributed by atoms with Crippen LogP contribution in [0, 0.1) is 5.82 Å². The first kappa shape index (κ1) is 10.7. The van der Waals surface area contributed by atoms with Gasteiger partial charge in [-0.25, -0.2) is 4.39 Å². The van der Waals surface area contributed by atoms with Crippen LogP contribution in [0.4, 0.5) is 10.1 Å². The molecule has 0 unspecified atom stereocenters. The van der Waals surface area contributed by atoms with Gasteiger partial charge in [-0.2, -0.15) is 4.99 Å². The molecule has 0 amide bonds. The molecule has 0 N–H and O–H groups in total. The lowest BCUT2D eigenvalue weighted by Gasteiger charge is -2.01. The molecule has 5 heteroatoms. The lowest BCUT2D eigenvalue weighted by Crippen LogP contribution is -1.79. The van der Waals surface area contributed by atoms with Crippen molar-refractivity contribution in [3.8, 4) is 0 Å². The van der Waals surface area contributed by atoms with Crippen molar-refractivity contribution in [2.75, 3.05) is 6.26 Å². The SMILES string of the molecule is CSc1cc(N=C=S)c(F)cc1Cl. The average Bonchev–Trinajstić information content (AvgIpc) is 2.10. The predicted octanol–water partition coefficient (Wildman–Crippen LogP) is 3.94. The highest BCUT2D eigenvalue weighted by molar-refractivity contribution is 7.98. The summed E-state index contributed by atoms with van der Waals surface area (Å²) in [4.78, 5) is 4.34. The van der Waals surface area contributed by atoms with E-state index in [9.17, 15) is 4.39 Å². The topological polar surface area (TPSA) is 12.4 Å². The Labute approximate surface area is 90.0 Å². The molecular weight excluding hydrogens is 229 g/mol. The van der Waals surface area contributed by atoms with Crippen LogP contribution < -0.4 is 0 Å². The Kier molecular flexibility index (Phi) is 3.88. The predicted molar refractivity (Wildman–Crippen MR) is 57.9 cm³/mol. The molecule has 0 heterocycles. The van der Waals surface area contributed by atoms with E-state index >= 15 is 0 Å². The van der Waals surface area contributed by atoms with Gasteiger partial charge in [-0.05, 0) is 30.6 Å². The van der Waals surface area contributed by atoms with Crippen molar-refractivity contribution in [1.29, 1.82) is 0 Å². The number of nitrogens with zero attached hydrogens (tertiary/aromatic N) is 1. The Bertz CT molecular complexity index is 375. The van der Waals surface area contributed by atoms with Crippen LogP contribution in [0.1, 0.15) is 0 Å². The first-order valence-corrected chi connectivity index (χ1v) is 5.31. The molecule has 1 aromatic carbocycles. The first-order chi connectivity index (χ1) is 6.19. The third kappa shape index (κ3) is 2.51. The Morgan fingerprint density at radius 3 is 2.85 bits per heavy atom. The number of thioether (sulfide) groups is 1. The molecule has 0 aliphatic heterocycles. The Morgan fingerprint density at radius 2 is 2.31 bits per heavy atom. The quantitative estimate of drug-likeness (QED) is 0.436. The van der Waals surface area contributed by atoms with Crippen LogP contribution in [0.3, 0.4) is 0 Å². The zero-order valence-corrected chi connectivity index (χ0v) is 9.06. The van der Waals surface area contributed by atoms with Gasteiger partial charge >= 0.3 is 0 Å². The van der Waals surface area contributed by atoms with Gasteiger partial charge in [0.1, 0.15) is 5.69 Å². The van der Waals surface area contributed by atoms with Crippen molar-refractivity contribution in [2.45, 2.75) is 4.90 Å². The number of halogens is 2. The van der Waals surface area contributed by atoms with E-state index in [2.05, 4.69) is 22.4 Å². The molecular formula is C8H5ClFNS2. The fourth-order valence-corrected chi connectivity index (χ4v) is 1.77. The van der Waals surface area contributed by atoms with Crippen molar-refractivity contribution in [3.63, 3.8) is 0 Å². The molecule has 0 atom stereocenters. The maximum absolute atomic E-state index is 13.1. The van der Waals surface area contributed by atoms with Crippen LogP contribution in [-0.4, -0.2) is 11.4 Å². The second-order valence-corrected chi connectivity index (χ2v) is 3.58. The van der Waals surface area contributed by atoms with E-state index in [-0.39, 0.29) is 5.69 Å². The Morgan fingerprint density at radius 1 is 1.62 bits per heavy atom. The molecule has 13 heavy (non-hydrogen) atoms. The third-order valence-electron chi connectivity index (χ3n) is 1.39. The van der Waals surface area contributed by atoms with Crippen molar-refractivity contribution >= 4 is 46.4 Å². The molecule has 1 aromatic rings. The van der Waals surface area contributed by atoms with E-state index in [1.165, 1.54) is 17.8 Å². The summed E-state index contributed by atoms with van der Waals surface area (Å²) in [5, 5.41) is 2.49. The molecule has 0 saturated carbocycles. The van der Waals surface area contributed by atoms with Gasteiger partial charge in [-0.3, -0.25) is 0 Å². The number of benzene rings is 1. The summed E-state index contributed by atoms with van der Waals surface area (Å²) in [6, 6.07) is 2.76. The van der Waals surface area contributed by atoms with Crippen molar-refractivity contribution < 1.29 is 4.39 Å². The normalized spacial score (nSPS) is 9.46. The lowest BCUT2D eigenvalue weighted by atomic mass is 10.3. The van der Waals surface area contributed by atoms with Gasteiger partial charge in [0.2, 0.25) is 0 Å². The van der Waals surface area contributed by atoms with Gasteiger partial charge in [0.25, 0.3) is 0 Å². The van der Waals surface area contributed by atoms with Crippen molar-refractivity contribution in [1.82, 2.24) is 0 Å². The summed E-state index contributed by atoms with van der Waals surface area (Å²) in [6.07, 6.45) is 1.85. The maximum Gasteiger partial charge on any atom is 0.151 e. The van der Waals surface area contributed by atoms with E-state index < -0.39 is 5.82 Å². The molecule has 68 valence electrons. The second kappa shape index (κ2) is 4.72. The molecule has 1 rings (SSSR count). The van der Waals surface area contributed by atoms with Gasteiger partial charge in [0.05, 0.1) is 10.2 Å². The summed E-state index contributed by atoms with van der Waals surface area (Å²) in [5.74, 6) is -0.486. The fourth-order valence-electron chi connectivity index (χ4n) is 0.810. The maximum atomic E-state index is 13.1. The largest absolute Gasteiger partial charge is 0.205 e. The van der Waals surface area contributed by atoms with Crippen LogP contribution in [0.2, 0.25) is 5.02 Å². The number of isothiocyanates is 1. The summed E-state index contributed by atoms with van der Waals surface area (Å²) < 4.78 is 13.1. The minimum atomic E-state index is -0.486. The van der Waals surface area contributed by atoms with Crippen molar-refractivity contribution in [3.05, 3.63) is 23.0 Å². The third-order valence-corrected chi connectivity index (χ3v) is 2.68. The molecule has 0 aliphatic rings. The average molecular weight is 234 g/mol. The smallest absolute Gasteiger partial charge is 0.151 e. The van der Waals surface area contributed by atoms with E-state index in [0.717, 1.165) is 4.90 Å². The number of aliphatic imine (C=N–C) groups is 1. The highest BCUT2D eigenvalue weighted by Crippen LogP contribution is 2.31. The summed E-state index contributed by atoms with van der Waals surface area (Å²) in [6.45, 7) is 0. The van der Waals surface area contributed by atoms with Gasteiger partial charge in [0.15, 0.2) is 5.82 Å². The van der Waals surface area contributed by atoms with Gasteiger partial charge < -0.3 is 0 Å². The Balaban J connectivity index is 3.29. The highest BCUT2D eigenvalue weighted by Gasteiger charge is 2.06. The van der Waals surface area contributed by atoms with Crippen LogP contribution in [0.5, 0.6) is 0 Å². The van der Waals surface area contributed by atoms with Gasteiger partial charge in [-0.15, -0.1) is 11.8 Å². The molecule has 0 bridgehead atoms. The molecule has 0 spiro atoms. The number of hydrogen-bond donors (Lipinski definition) is 0. The summed E-state index contributed by atoms with van der Waals surface area (Å²) in [7, 11) is 0. The minimum Gasteiger partial charge on any atom is -0.205 e. The zero-order valence-electron chi connectivity index (χ0n) is 6.67. The number of rotatable bonds is 2. The van der Waals surface area contributed by atoms with E-state index in [1.807, 2.05) is 6.26 Å². The Hall–Kier alpha value is -0.410. The van der Waals surface area contributed by atoms with E-state index in [0.29, 0.717) is 5.02 Å². The standard InChI is InChI=1S/C8H5ClFNS2/c1-13-8-3-7(11-4-12)6(10)2-5(8)9/h2-3H,1H3. The molecule has 0 radical (unpaired) electrons. The summed E-state index contributed by atoms with van der Waals surface area (Å²) >= 11 is 11.6. The fraction of sp³-hybridized carbons (Fsp3) is 0.125. The number of hydrogen-bond acceptors (Lipinski definition) is 3. The molecule has 0 saturated heterocycles. The minimum absolute atomic E-state index is 0.170. The monoisotopic (exact) mass is 233 g/mol. The zero-order chi connectivity index (χ0) is 9.84.